The molecule has 0 saturated carbocycles. The monoisotopic (exact) mass is 286 g/mol. The molecule has 110 valence electrons. The van der Waals surface area contributed by atoms with E-state index in [-0.39, 0.29) is 17.6 Å². The van der Waals surface area contributed by atoms with Gasteiger partial charge in [0.05, 0.1) is 5.56 Å². The van der Waals surface area contributed by atoms with Gasteiger partial charge in [-0.1, -0.05) is 12.1 Å². The van der Waals surface area contributed by atoms with Crippen LogP contribution in [0.15, 0.2) is 24.3 Å². The number of para-hydroxylation sites is 1. The molecule has 1 N–H and O–H groups in total. The van der Waals surface area contributed by atoms with Crippen molar-refractivity contribution in [2.75, 3.05) is 18.0 Å². The van der Waals surface area contributed by atoms with Gasteiger partial charge in [0.25, 0.3) is 0 Å². The van der Waals surface area contributed by atoms with Gasteiger partial charge < -0.3 is 10.2 Å². The van der Waals surface area contributed by atoms with Gasteiger partial charge in [-0.3, -0.25) is 4.79 Å². The van der Waals surface area contributed by atoms with Crippen molar-refractivity contribution in [3.8, 4) is 0 Å². The average molecular weight is 286 g/mol. The van der Waals surface area contributed by atoms with E-state index in [9.17, 15) is 18.0 Å². The Kier molecular flexibility index (Phi) is 4.20. The van der Waals surface area contributed by atoms with Crippen LogP contribution >= 0.6 is 0 Å². The van der Waals surface area contributed by atoms with Gasteiger partial charge in [-0.05, 0) is 25.0 Å². The maximum atomic E-state index is 13.0. The number of carbonyl (C=O) groups excluding carboxylic acids is 1. The number of hydrogen-bond donors (Lipinski definition) is 1. The van der Waals surface area contributed by atoms with E-state index in [0.717, 1.165) is 18.9 Å². The normalized spacial score (nSPS) is 19.8. The third-order valence-electron chi connectivity index (χ3n) is 3.38. The Morgan fingerprint density at radius 2 is 2.05 bits per heavy atom. The molecule has 0 aromatic heterocycles. The second-order valence-corrected chi connectivity index (χ2v) is 5.00. The Hall–Kier alpha value is -1.72. The first-order valence-corrected chi connectivity index (χ1v) is 6.56. The summed E-state index contributed by atoms with van der Waals surface area (Å²) in [6, 6.07) is 5.48. The number of nitrogens with one attached hydrogen (secondary N) is 1. The fourth-order valence-electron chi connectivity index (χ4n) is 2.59. The molecule has 1 atom stereocenters. The van der Waals surface area contributed by atoms with Crippen LogP contribution in [0, 0.1) is 0 Å². The van der Waals surface area contributed by atoms with Gasteiger partial charge in [-0.2, -0.15) is 13.2 Å². The van der Waals surface area contributed by atoms with Gasteiger partial charge in [0.2, 0.25) is 5.91 Å². The van der Waals surface area contributed by atoms with Crippen molar-refractivity contribution in [2.45, 2.75) is 32.0 Å². The third-order valence-corrected chi connectivity index (χ3v) is 3.38. The molecular weight excluding hydrogens is 269 g/mol. The van der Waals surface area contributed by atoms with Crippen LogP contribution in [-0.2, 0) is 11.0 Å². The number of piperidine rings is 1. The molecule has 3 nitrogen and oxygen atoms in total. The molecule has 1 heterocycles. The quantitative estimate of drug-likeness (QED) is 0.906. The lowest BCUT2D eigenvalue weighted by Crippen LogP contribution is -2.47. The van der Waals surface area contributed by atoms with Gasteiger partial charge in [-0.15, -0.1) is 0 Å². The SMILES string of the molecule is CC(=O)NC1CCCN(c2ccccc2C(F)(F)F)C1. The highest BCUT2D eigenvalue weighted by molar-refractivity contribution is 5.73. The molecule has 1 fully saturated rings. The molecule has 1 aromatic rings. The van der Waals surface area contributed by atoms with Crippen LogP contribution < -0.4 is 10.2 Å². The molecule has 2 rings (SSSR count). The second-order valence-electron chi connectivity index (χ2n) is 5.00. The minimum Gasteiger partial charge on any atom is -0.369 e. The van der Waals surface area contributed by atoms with Crippen molar-refractivity contribution < 1.29 is 18.0 Å². The fourth-order valence-corrected chi connectivity index (χ4v) is 2.59. The Morgan fingerprint density at radius 1 is 1.35 bits per heavy atom. The Bertz CT molecular complexity index is 488. The summed E-state index contributed by atoms with van der Waals surface area (Å²) in [5.74, 6) is -0.152. The molecule has 1 aliphatic heterocycles. The number of carbonyl (C=O) groups is 1. The largest absolute Gasteiger partial charge is 0.418 e. The van der Waals surface area contributed by atoms with Crippen molar-refractivity contribution >= 4 is 11.6 Å². The number of anilines is 1. The summed E-state index contributed by atoms with van der Waals surface area (Å²) in [4.78, 5) is 12.8. The standard InChI is InChI=1S/C14H17F3N2O/c1-10(20)18-11-5-4-8-19(9-11)13-7-3-2-6-12(13)14(15,16)17/h2-3,6-7,11H,4-5,8-9H2,1H3,(H,18,20). The molecule has 0 spiro atoms. The van der Waals surface area contributed by atoms with Crippen LogP contribution in [0.5, 0.6) is 0 Å². The zero-order valence-corrected chi connectivity index (χ0v) is 11.2. The zero-order valence-electron chi connectivity index (χ0n) is 11.2. The molecule has 0 radical (unpaired) electrons. The van der Waals surface area contributed by atoms with Crippen LogP contribution in [0.1, 0.15) is 25.3 Å². The van der Waals surface area contributed by atoms with E-state index >= 15 is 0 Å². The molecule has 6 heteroatoms. The summed E-state index contributed by atoms with van der Waals surface area (Å²) in [6.07, 6.45) is -2.81. The van der Waals surface area contributed by atoms with Crippen LogP contribution in [0.3, 0.4) is 0 Å². The summed E-state index contributed by atoms with van der Waals surface area (Å²) < 4.78 is 39.0. The summed E-state index contributed by atoms with van der Waals surface area (Å²) in [5.41, 5.74) is -0.432. The van der Waals surface area contributed by atoms with E-state index in [1.165, 1.54) is 19.1 Å². The van der Waals surface area contributed by atoms with Gasteiger partial charge >= 0.3 is 6.18 Å². The van der Waals surface area contributed by atoms with Crippen molar-refractivity contribution in [3.05, 3.63) is 29.8 Å². The number of alkyl halides is 3. The predicted molar refractivity (Wildman–Crippen MR) is 70.5 cm³/mol. The van der Waals surface area contributed by atoms with E-state index in [4.69, 9.17) is 0 Å². The number of benzene rings is 1. The first-order valence-electron chi connectivity index (χ1n) is 6.56. The van der Waals surface area contributed by atoms with Crippen LogP contribution in [0.25, 0.3) is 0 Å². The number of halogens is 3. The van der Waals surface area contributed by atoms with Crippen molar-refractivity contribution in [1.82, 2.24) is 5.32 Å². The molecule has 1 saturated heterocycles. The van der Waals surface area contributed by atoms with E-state index in [1.54, 1.807) is 11.0 Å². The minimum absolute atomic E-state index is 0.0949. The molecule has 20 heavy (non-hydrogen) atoms. The van der Waals surface area contributed by atoms with E-state index in [0.29, 0.717) is 13.1 Å². The highest BCUT2D eigenvalue weighted by Crippen LogP contribution is 2.37. The smallest absolute Gasteiger partial charge is 0.369 e. The molecule has 1 amide bonds. The lowest BCUT2D eigenvalue weighted by molar-refractivity contribution is -0.137. The Labute approximate surface area is 115 Å². The molecule has 1 aromatic carbocycles. The highest BCUT2D eigenvalue weighted by Gasteiger charge is 2.35. The number of nitrogens with zero attached hydrogens (tertiary/aromatic N) is 1. The number of rotatable bonds is 2. The summed E-state index contributed by atoms with van der Waals surface area (Å²) in [6.45, 7) is 2.40. The minimum atomic E-state index is -4.36. The molecule has 0 bridgehead atoms. The lowest BCUT2D eigenvalue weighted by Gasteiger charge is -2.35. The first kappa shape index (κ1) is 14.7. The van der Waals surface area contributed by atoms with Crippen molar-refractivity contribution in [3.63, 3.8) is 0 Å². The average Bonchev–Trinajstić information content (AvgIpc) is 2.37. The molecule has 1 aliphatic rings. The second kappa shape index (κ2) is 5.73. The predicted octanol–water partition coefficient (Wildman–Crippen LogP) is 2.81. The summed E-state index contributed by atoms with van der Waals surface area (Å²) >= 11 is 0. The van der Waals surface area contributed by atoms with E-state index in [2.05, 4.69) is 5.32 Å². The number of amides is 1. The topological polar surface area (TPSA) is 32.3 Å². The van der Waals surface area contributed by atoms with Crippen LogP contribution in [-0.4, -0.2) is 25.0 Å². The first-order chi connectivity index (χ1) is 9.38. The molecule has 0 aliphatic carbocycles. The Morgan fingerprint density at radius 3 is 2.70 bits per heavy atom. The number of hydrogen-bond acceptors (Lipinski definition) is 2. The summed E-state index contributed by atoms with van der Waals surface area (Å²) in [7, 11) is 0. The maximum Gasteiger partial charge on any atom is 0.418 e. The third kappa shape index (κ3) is 3.43. The zero-order chi connectivity index (χ0) is 14.8. The highest BCUT2D eigenvalue weighted by atomic mass is 19.4. The Balaban J connectivity index is 2.21. The maximum absolute atomic E-state index is 13.0. The van der Waals surface area contributed by atoms with Crippen LogP contribution in [0.2, 0.25) is 0 Å². The lowest BCUT2D eigenvalue weighted by atomic mass is 10.0. The van der Waals surface area contributed by atoms with Crippen molar-refractivity contribution in [2.24, 2.45) is 0 Å². The van der Waals surface area contributed by atoms with Gasteiger partial charge in [-0.25, -0.2) is 0 Å². The van der Waals surface area contributed by atoms with Crippen molar-refractivity contribution in [1.29, 1.82) is 0 Å². The fraction of sp³-hybridized carbons (Fsp3) is 0.500. The van der Waals surface area contributed by atoms with E-state index < -0.39 is 11.7 Å². The van der Waals surface area contributed by atoms with E-state index in [1.807, 2.05) is 0 Å². The molecule has 1 unspecified atom stereocenters. The van der Waals surface area contributed by atoms with Gasteiger partial charge in [0.1, 0.15) is 0 Å². The molecular formula is C14H17F3N2O. The van der Waals surface area contributed by atoms with Crippen LogP contribution in [0.4, 0.5) is 18.9 Å². The summed E-state index contributed by atoms with van der Waals surface area (Å²) in [5, 5.41) is 2.78. The van der Waals surface area contributed by atoms with Gasteiger partial charge in [0, 0.05) is 31.7 Å². The van der Waals surface area contributed by atoms with Gasteiger partial charge in [0.15, 0.2) is 0 Å².